The number of nitrogen functional groups attached to an aromatic ring is 1. The molecular weight excluding hydrogens is 253 g/mol. The lowest BCUT2D eigenvalue weighted by Crippen LogP contribution is -2.22. The molecule has 0 amide bonds. The Morgan fingerprint density at radius 3 is 2.68 bits per heavy atom. The van der Waals surface area contributed by atoms with Crippen LogP contribution in [0.25, 0.3) is 0 Å². The van der Waals surface area contributed by atoms with E-state index < -0.39 is 11.7 Å². The van der Waals surface area contributed by atoms with Crippen LogP contribution in [0.4, 0.5) is 18.9 Å². The molecule has 0 bridgehead atoms. The summed E-state index contributed by atoms with van der Waals surface area (Å²) in [4.78, 5) is 2.09. The molecule has 0 saturated carbocycles. The summed E-state index contributed by atoms with van der Waals surface area (Å²) in [6.07, 6.45) is -2.17. The number of alkyl halides is 3. The maximum Gasteiger partial charge on any atom is 0.416 e. The van der Waals surface area contributed by atoms with Crippen molar-refractivity contribution in [2.45, 2.75) is 32.5 Å². The largest absolute Gasteiger partial charge is 0.416 e. The SMILES string of the molecule is CCC1CCN(Cc2ccc(N)cc2C(F)(F)F)C1. The fraction of sp³-hybridized carbons (Fsp3) is 0.571. The fourth-order valence-electron chi connectivity index (χ4n) is 2.63. The topological polar surface area (TPSA) is 29.3 Å². The van der Waals surface area contributed by atoms with Crippen molar-refractivity contribution in [3.8, 4) is 0 Å². The first-order valence-electron chi connectivity index (χ1n) is 6.58. The van der Waals surface area contributed by atoms with Crippen LogP contribution >= 0.6 is 0 Å². The van der Waals surface area contributed by atoms with Gasteiger partial charge < -0.3 is 5.73 Å². The van der Waals surface area contributed by atoms with Gasteiger partial charge in [-0.05, 0) is 36.6 Å². The molecule has 5 heteroatoms. The van der Waals surface area contributed by atoms with Crippen LogP contribution in [0, 0.1) is 5.92 Å². The Morgan fingerprint density at radius 1 is 1.37 bits per heavy atom. The van der Waals surface area contributed by atoms with E-state index in [2.05, 4.69) is 11.8 Å². The van der Waals surface area contributed by atoms with Crippen LogP contribution in [-0.2, 0) is 12.7 Å². The smallest absolute Gasteiger partial charge is 0.399 e. The number of rotatable bonds is 3. The van der Waals surface area contributed by atoms with E-state index in [1.807, 2.05) is 0 Å². The highest BCUT2D eigenvalue weighted by Gasteiger charge is 2.34. The normalized spacial score (nSPS) is 20.9. The zero-order valence-electron chi connectivity index (χ0n) is 11.0. The van der Waals surface area contributed by atoms with Gasteiger partial charge in [0, 0.05) is 18.8 Å². The minimum atomic E-state index is -4.34. The van der Waals surface area contributed by atoms with Crippen LogP contribution in [0.15, 0.2) is 18.2 Å². The Labute approximate surface area is 111 Å². The van der Waals surface area contributed by atoms with E-state index in [0.29, 0.717) is 18.0 Å². The number of nitrogens with two attached hydrogens (primary N) is 1. The summed E-state index contributed by atoms with van der Waals surface area (Å²) >= 11 is 0. The Balaban J connectivity index is 2.16. The van der Waals surface area contributed by atoms with Crippen LogP contribution in [0.3, 0.4) is 0 Å². The van der Waals surface area contributed by atoms with Gasteiger partial charge in [0.1, 0.15) is 0 Å². The number of halogens is 3. The van der Waals surface area contributed by atoms with Crippen molar-refractivity contribution in [3.05, 3.63) is 29.3 Å². The first-order chi connectivity index (χ1) is 8.90. The monoisotopic (exact) mass is 272 g/mol. The summed E-state index contributed by atoms with van der Waals surface area (Å²) in [6, 6.07) is 4.07. The highest BCUT2D eigenvalue weighted by Crippen LogP contribution is 2.34. The predicted molar refractivity (Wildman–Crippen MR) is 69.5 cm³/mol. The molecule has 0 radical (unpaired) electrons. The summed E-state index contributed by atoms with van der Waals surface area (Å²) in [7, 11) is 0. The van der Waals surface area contributed by atoms with Crippen LogP contribution in [0.1, 0.15) is 30.9 Å². The second kappa shape index (κ2) is 5.41. The highest BCUT2D eigenvalue weighted by atomic mass is 19.4. The van der Waals surface area contributed by atoms with Crippen molar-refractivity contribution in [1.29, 1.82) is 0 Å². The van der Waals surface area contributed by atoms with E-state index in [4.69, 9.17) is 5.73 Å². The van der Waals surface area contributed by atoms with E-state index >= 15 is 0 Å². The Kier molecular flexibility index (Phi) is 4.04. The molecule has 2 nitrogen and oxygen atoms in total. The summed E-state index contributed by atoms with van der Waals surface area (Å²) in [5.74, 6) is 0.614. The molecule has 1 aliphatic rings. The van der Waals surface area contributed by atoms with Gasteiger partial charge in [-0.2, -0.15) is 13.2 Å². The Morgan fingerprint density at radius 2 is 2.11 bits per heavy atom. The van der Waals surface area contributed by atoms with E-state index in [1.54, 1.807) is 0 Å². The Bertz CT molecular complexity index is 443. The lowest BCUT2D eigenvalue weighted by atomic mass is 10.1. The van der Waals surface area contributed by atoms with Crippen molar-refractivity contribution < 1.29 is 13.2 Å². The lowest BCUT2D eigenvalue weighted by molar-refractivity contribution is -0.138. The van der Waals surface area contributed by atoms with Crippen LogP contribution in [0.2, 0.25) is 0 Å². The molecule has 1 unspecified atom stereocenters. The van der Waals surface area contributed by atoms with Crippen LogP contribution in [-0.4, -0.2) is 18.0 Å². The van der Waals surface area contributed by atoms with Gasteiger partial charge in [0.15, 0.2) is 0 Å². The molecule has 1 atom stereocenters. The van der Waals surface area contributed by atoms with Gasteiger partial charge in [-0.1, -0.05) is 19.4 Å². The molecule has 0 spiro atoms. The third-order valence-corrected chi connectivity index (χ3v) is 3.78. The van der Waals surface area contributed by atoms with E-state index in [-0.39, 0.29) is 5.69 Å². The average molecular weight is 272 g/mol. The van der Waals surface area contributed by atoms with Gasteiger partial charge in [-0.25, -0.2) is 0 Å². The molecular formula is C14H19F3N2. The van der Waals surface area contributed by atoms with Gasteiger partial charge >= 0.3 is 6.18 Å². The molecule has 106 valence electrons. The van der Waals surface area contributed by atoms with Crippen molar-refractivity contribution in [2.24, 2.45) is 5.92 Å². The highest BCUT2D eigenvalue weighted by molar-refractivity contribution is 5.46. The number of benzene rings is 1. The van der Waals surface area contributed by atoms with Crippen molar-refractivity contribution in [3.63, 3.8) is 0 Å². The Hall–Kier alpha value is -1.23. The van der Waals surface area contributed by atoms with Gasteiger partial charge in [-0.3, -0.25) is 4.90 Å². The van der Waals surface area contributed by atoms with Crippen LogP contribution in [0.5, 0.6) is 0 Å². The second-order valence-electron chi connectivity index (χ2n) is 5.21. The van der Waals surface area contributed by atoms with Gasteiger partial charge in [-0.15, -0.1) is 0 Å². The molecule has 19 heavy (non-hydrogen) atoms. The zero-order chi connectivity index (χ0) is 14.0. The predicted octanol–water partition coefficient (Wildman–Crippen LogP) is 3.52. The molecule has 1 saturated heterocycles. The van der Waals surface area contributed by atoms with Gasteiger partial charge in [0.2, 0.25) is 0 Å². The molecule has 1 aliphatic heterocycles. The maximum absolute atomic E-state index is 13.0. The number of anilines is 1. The van der Waals surface area contributed by atoms with Crippen LogP contribution < -0.4 is 5.73 Å². The third kappa shape index (κ3) is 3.41. The van der Waals surface area contributed by atoms with Crippen molar-refractivity contribution >= 4 is 5.69 Å². The molecule has 1 aromatic carbocycles. The van der Waals surface area contributed by atoms with Crippen molar-refractivity contribution in [1.82, 2.24) is 4.90 Å². The van der Waals surface area contributed by atoms with E-state index in [9.17, 15) is 13.2 Å². The summed E-state index contributed by atoms with van der Waals surface area (Å²) in [5.41, 5.74) is 5.33. The fourth-order valence-corrected chi connectivity index (χ4v) is 2.63. The average Bonchev–Trinajstić information content (AvgIpc) is 2.78. The zero-order valence-corrected chi connectivity index (χ0v) is 11.0. The molecule has 1 aromatic rings. The van der Waals surface area contributed by atoms with E-state index in [0.717, 1.165) is 32.0 Å². The quantitative estimate of drug-likeness (QED) is 0.853. The molecule has 2 N–H and O–H groups in total. The minimum Gasteiger partial charge on any atom is -0.399 e. The van der Waals surface area contributed by atoms with Gasteiger partial charge in [0.25, 0.3) is 0 Å². The summed E-state index contributed by atoms with van der Waals surface area (Å²) in [5, 5.41) is 0. The third-order valence-electron chi connectivity index (χ3n) is 3.78. The number of hydrogen-bond donors (Lipinski definition) is 1. The number of likely N-dealkylation sites (tertiary alicyclic amines) is 1. The second-order valence-corrected chi connectivity index (χ2v) is 5.21. The summed E-state index contributed by atoms with van der Waals surface area (Å²) < 4.78 is 38.9. The first-order valence-corrected chi connectivity index (χ1v) is 6.58. The lowest BCUT2D eigenvalue weighted by Gasteiger charge is -2.19. The molecule has 2 rings (SSSR count). The maximum atomic E-state index is 13.0. The first kappa shape index (κ1) is 14.2. The summed E-state index contributed by atoms with van der Waals surface area (Å²) in [6.45, 7) is 4.24. The van der Waals surface area contributed by atoms with Gasteiger partial charge in [0.05, 0.1) is 5.56 Å². The molecule has 1 heterocycles. The van der Waals surface area contributed by atoms with Crippen molar-refractivity contribution in [2.75, 3.05) is 18.8 Å². The standard InChI is InChI=1S/C14H19F3N2/c1-2-10-5-6-19(8-10)9-11-3-4-12(18)7-13(11)14(15,16)17/h3-4,7,10H,2,5-6,8-9,18H2,1H3. The van der Waals surface area contributed by atoms with E-state index in [1.165, 1.54) is 12.1 Å². The molecule has 1 fully saturated rings. The molecule has 0 aliphatic carbocycles. The number of hydrogen-bond acceptors (Lipinski definition) is 2. The molecule has 0 aromatic heterocycles. The minimum absolute atomic E-state index is 0.156. The number of nitrogens with zero attached hydrogens (tertiary/aromatic N) is 1.